The molecule has 1 aromatic carbocycles. The number of aliphatic hydroxyl groups is 1. The molecule has 1 aromatic rings. The van der Waals surface area contributed by atoms with Gasteiger partial charge in [-0.3, -0.25) is 0 Å². The van der Waals surface area contributed by atoms with Gasteiger partial charge in [-0.1, -0.05) is 13.0 Å². The van der Waals surface area contributed by atoms with Crippen LogP contribution in [0.2, 0.25) is 0 Å². The second-order valence-electron chi connectivity index (χ2n) is 6.81. The first-order valence-electron chi connectivity index (χ1n) is 7.48. The minimum Gasteiger partial charge on any atom is -0.508 e. The topological polar surface area (TPSA) is 40.5 Å². The molecule has 2 nitrogen and oxygen atoms in total. The van der Waals surface area contributed by atoms with Crippen molar-refractivity contribution in [3.8, 4) is 5.75 Å². The summed E-state index contributed by atoms with van der Waals surface area (Å²) in [5.74, 6) is 1.62. The average molecular weight is 260 g/mol. The Morgan fingerprint density at radius 3 is 2.74 bits per heavy atom. The fourth-order valence-electron chi connectivity index (χ4n) is 4.40. The van der Waals surface area contributed by atoms with Gasteiger partial charge in [0, 0.05) is 0 Å². The summed E-state index contributed by atoms with van der Waals surface area (Å²) in [5.41, 5.74) is 2.75. The van der Waals surface area contributed by atoms with Gasteiger partial charge in [0.15, 0.2) is 0 Å². The van der Waals surface area contributed by atoms with Crippen molar-refractivity contribution in [3.63, 3.8) is 0 Å². The van der Waals surface area contributed by atoms with E-state index in [-0.39, 0.29) is 11.5 Å². The highest BCUT2D eigenvalue weighted by molar-refractivity contribution is 5.36. The molecule has 0 heterocycles. The van der Waals surface area contributed by atoms with Gasteiger partial charge in [-0.2, -0.15) is 0 Å². The first-order valence-corrected chi connectivity index (χ1v) is 7.48. The molecule has 2 fully saturated rings. The van der Waals surface area contributed by atoms with E-state index in [4.69, 9.17) is 0 Å². The monoisotopic (exact) mass is 260 g/mol. The van der Waals surface area contributed by atoms with E-state index in [0.29, 0.717) is 17.6 Å². The van der Waals surface area contributed by atoms with Crippen LogP contribution in [-0.4, -0.2) is 16.3 Å². The van der Waals surface area contributed by atoms with Gasteiger partial charge in [0.25, 0.3) is 0 Å². The third kappa shape index (κ3) is 2.06. The molecule has 2 aliphatic carbocycles. The van der Waals surface area contributed by atoms with Crippen LogP contribution < -0.4 is 0 Å². The fraction of sp³-hybridized carbons (Fsp3) is 0.647. The van der Waals surface area contributed by atoms with Crippen LogP contribution in [0.3, 0.4) is 0 Å². The van der Waals surface area contributed by atoms with E-state index in [2.05, 4.69) is 19.9 Å². The lowest BCUT2D eigenvalue weighted by Crippen LogP contribution is -2.37. The molecule has 2 aliphatic rings. The van der Waals surface area contributed by atoms with Gasteiger partial charge in [-0.05, 0) is 79.5 Å². The van der Waals surface area contributed by atoms with E-state index in [9.17, 15) is 10.2 Å². The minimum absolute atomic E-state index is 0.0978. The van der Waals surface area contributed by atoms with Gasteiger partial charge in [-0.25, -0.2) is 0 Å². The number of benzene rings is 1. The number of aryl methyl sites for hydroxylation is 1. The summed E-state index contributed by atoms with van der Waals surface area (Å²) in [6.45, 7) is 4.36. The number of hydrogen-bond acceptors (Lipinski definition) is 2. The Labute approximate surface area is 115 Å². The Morgan fingerprint density at radius 2 is 2.00 bits per heavy atom. The average Bonchev–Trinajstić information content (AvgIpc) is 2.66. The first kappa shape index (κ1) is 13.0. The van der Waals surface area contributed by atoms with Crippen LogP contribution in [0.15, 0.2) is 18.2 Å². The molecular weight excluding hydrogens is 236 g/mol. The number of phenolic OH excluding ortho intramolecular Hbond substituents is 1. The molecule has 104 valence electrons. The van der Waals surface area contributed by atoms with Crippen LogP contribution in [-0.2, 0) is 0 Å². The van der Waals surface area contributed by atoms with E-state index in [1.165, 1.54) is 24.0 Å². The van der Waals surface area contributed by atoms with Gasteiger partial charge < -0.3 is 10.2 Å². The van der Waals surface area contributed by atoms with Crippen LogP contribution in [0.1, 0.15) is 56.1 Å². The van der Waals surface area contributed by atoms with E-state index < -0.39 is 0 Å². The first-order chi connectivity index (χ1) is 9.00. The highest BCUT2D eigenvalue weighted by Crippen LogP contribution is 2.55. The predicted molar refractivity (Wildman–Crippen MR) is 76.3 cm³/mol. The van der Waals surface area contributed by atoms with Gasteiger partial charge in [0.2, 0.25) is 0 Å². The van der Waals surface area contributed by atoms with E-state index in [1.807, 2.05) is 6.07 Å². The molecule has 2 saturated carbocycles. The van der Waals surface area contributed by atoms with Crippen molar-refractivity contribution in [1.29, 1.82) is 0 Å². The highest BCUT2D eigenvalue weighted by atomic mass is 16.3. The predicted octanol–water partition coefficient (Wildman–Crippen LogP) is 3.75. The normalized spacial score (nSPS) is 38.2. The fourth-order valence-corrected chi connectivity index (χ4v) is 4.40. The van der Waals surface area contributed by atoms with Crippen molar-refractivity contribution in [3.05, 3.63) is 29.3 Å². The molecule has 0 amide bonds. The number of rotatable bonds is 1. The van der Waals surface area contributed by atoms with Crippen LogP contribution in [0.4, 0.5) is 0 Å². The molecule has 0 bridgehead atoms. The number of aromatic hydroxyl groups is 1. The number of phenols is 1. The zero-order chi connectivity index (χ0) is 13.6. The Morgan fingerprint density at radius 1 is 1.21 bits per heavy atom. The standard InChI is InChI=1S/C17H24O2/c1-11-9-14(18)4-5-15(11)12-7-8-17(2)13(10-12)3-6-16(17)19/h4-5,9,12-13,16,18-19H,3,6-8,10H2,1-2H3/t12-,13+,16-,17-/m0/s1. The minimum atomic E-state index is -0.0978. The molecule has 0 saturated heterocycles. The lowest BCUT2D eigenvalue weighted by atomic mass is 9.64. The highest BCUT2D eigenvalue weighted by Gasteiger charge is 2.48. The molecule has 3 rings (SSSR count). The lowest BCUT2D eigenvalue weighted by molar-refractivity contribution is 0.00867. The Bertz CT molecular complexity index is 482. The molecule has 0 aromatic heterocycles. The summed E-state index contributed by atoms with van der Waals surface area (Å²) in [5, 5.41) is 19.7. The number of fused-ring (bicyclic) bond motifs is 1. The molecule has 2 N–H and O–H groups in total. The third-order valence-electron chi connectivity index (χ3n) is 5.78. The SMILES string of the molecule is Cc1cc(O)ccc1[C@H]1CC[C@@]2(C)[C@H](CC[C@@H]2O)C1. The summed E-state index contributed by atoms with van der Waals surface area (Å²) < 4.78 is 0. The van der Waals surface area contributed by atoms with Crippen molar-refractivity contribution < 1.29 is 10.2 Å². The molecule has 4 atom stereocenters. The van der Waals surface area contributed by atoms with Crippen LogP contribution in [0, 0.1) is 18.3 Å². The summed E-state index contributed by atoms with van der Waals surface area (Å²) in [6, 6.07) is 5.76. The summed E-state index contributed by atoms with van der Waals surface area (Å²) in [7, 11) is 0. The Balaban J connectivity index is 1.82. The molecule has 19 heavy (non-hydrogen) atoms. The number of hydrogen-bond donors (Lipinski definition) is 2. The summed E-state index contributed by atoms with van der Waals surface area (Å²) in [6.07, 6.45) is 5.53. The molecule has 0 unspecified atom stereocenters. The third-order valence-corrected chi connectivity index (χ3v) is 5.78. The Kier molecular flexibility index (Phi) is 3.09. The molecular formula is C17H24O2. The van der Waals surface area contributed by atoms with Crippen LogP contribution in [0.5, 0.6) is 5.75 Å². The maximum atomic E-state index is 10.2. The van der Waals surface area contributed by atoms with Crippen molar-refractivity contribution >= 4 is 0 Å². The van der Waals surface area contributed by atoms with Crippen LogP contribution >= 0.6 is 0 Å². The van der Waals surface area contributed by atoms with Crippen LogP contribution in [0.25, 0.3) is 0 Å². The quantitative estimate of drug-likeness (QED) is 0.807. The Hall–Kier alpha value is -1.02. The zero-order valence-electron chi connectivity index (χ0n) is 11.9. The number of aliphatic hydroxyl groups excluding tert-OH is 1. The van der Waals surface area contributed by atoms with E-state index >= 15 is 0 Å². The smallest absolute Gasteiger partial charge is 0.115 e. The van der Waals surface area contributed by atoms with E-state index in [0.717, 1.165) is 19.3 Å². The zero-order valence-corrected chi connectivity index (χ0v) is 11.9. The van der Waals surface area contributed by atoms with Gasteiger partial charge in [0.05, 0.1) is 6.10 Å². The van der Waals surface area contributed by atoms with Gasteiger partial charge in [-0.15, -0.1) is 0 Å². The second-order valence-corrected chi connectivity index (χ2v) is 6.81. The van der Waals surface area contributed by atoms with E-state index in [1.54, 1.807) is 6.07 Å². The van der Waals surface area contributed by atoms with Gasteiger partial charge >= 0.3 is 0 Å². The molecule has 0 spiro atoms. The maximum absolute atomic E-state index is 10.2. The van der Waals surface area contributed by atoms with Gasteiger partial charge in [0.1, 0.15) is 5.75 Å². The molecule has 2 heteroatoms. The largest absolute Gasteiger partial charge is 0.508 e. The summed E-state index contributed by atoms with van der Waals surface area (Å²) in [4.78, 5) is 0. The molecule has 0 radical (unpaired) electrons. The second kappa shape index (κ2) is 4.52. The van der Waals surface area contributed by atoms with Crippen molar-refractivity contribution in [2.75, 3.05) is 0 Å². The lowest BCUT2D eigenvalue weighted by Gasteiger charge is -2.42. The van der Waals surface area contributed by atoms with Crippen molar-refractivity contribution in [1.82, 2.24) is 0 Å². The molecule has 0 aliphatic heterocycles. The maximum Gasteiger partial charge on any atom is 0.115 e. The van der Waals surface area contributed by atoms with Crippen molar-refractivity contribution in [2.24, 2.45) is 11.3 Å². The van der Waals surface area contributed by atoms with Crippen molar-refractivity contribution in [2.45, 2.75) is 58.0 Å². The summed E-state index contributed by atoms with van der Waals surface area (Å²) >= 11 is 0.